The maximum absolute atomic E-state index is 10.2. The van der Waals surface area contributed by atoms with Crippen LogP contribution in [-0.4, -0.2) is 11.4 Å². The average molecular weight is 350 g/mol. The molecule has 0 amide bonds. The van der Waals surface area contributed by atoms with Crippen molar-refractivity contribution in [2.24, 2.45) is 0 Å². The molecular formula is C12H10BrClOS2. The average Bonchev–Trinajstić information content (AvgIpc) is 2.69. The van der Waals surface area contributed by atoms with Crippen LogP contribution in [0.3, 0.4) is 0 Å². The summed E-state index contributed by atoms with van der Waals surface area (Å²) in [4.78, 5) is 2.03. The lowest BCUT2D eigenvalue weighted by Crippen LogP contribution is -1.96. The number of rotatable bonds is 3. The van der Waals surface area contributed by atoms with E-state index in [4.69, 9.17) is 11.6 Å². The summed E-state index contributed by atoms with van der Waals surface area (Å²) >= 11 is 12.4. The van der Waals surface area contributed by atoms with Crippen molar-refractivity contribution in [3.63, 3.8) is 0 Å². The number of aliphatic hydroxyl groups is 1. The summed E-state index contributed by atoms with van der Waals surface area (Å²) < 4.78 is 1.50. The lowest BCUT2D eigenvalue weighted by atomic mass is 10.1. The predicted molar refractivity (Wildman–Crippen MR) is 79.3 cm³/mol. The molecule has 0 spiro atoms. The van der Waals surface area contributed by atoms with Crippen LogP contribution in [0.25, 0.3) is 0 Å². The fourth-order valence-corrected chi connectivity index (χ4v) is 3.61. The summed E-state index contributed by atoms with van der Waals surface area (Å²) in [7, 11) is 0. The third kappa shape index (κ3) is 3.06. The Morgan fingerprint density at radius 3 is 2.47 bits per heavy atom. The van der Waals surface area contributed by atoms with Crippen LogP contribution in [0.2, 0.25) is 4.34 Å². The van der Waals surface area contributed by atoms with Gasteiger partial charge in [0.1, 0.15) is 10.4 Å². The first kappa shape index (κ1) is 13.4. The third-order valence-electron chi connectivity index (χ3n) is 2.37. The molecule has 0 bridgehead atoms. The van der Waals surface area contributed by atoms with Gasteiger partial charge in [-0.3, -0.25) is 0 Å². The molecule has 1 nitrogen and oxygen atoms in total. The van der Waals surface area contributed by atoms with Gasteiger partial charge in [0, 0.05) is 14.2 Å². The second-order valence-electron chi connectivity index (χ2n) is 3.45. The van der Waals surface area contributed by atoms with Gasteiger partial charge in [-0.2, -0.15) is 0 Å². The quantitative estimate of drug-likeness (QED) is 0.790. The van der Waals surface area contributed by atoms with Crippen LogP contribution in [0.15, 0.2) is 39.7 Å². The second-order valence-corrected chi connectivity index (χ2v) is 6.87. The normalized spacial score (nSPS) is 12.7. The fraction of sp³-hybridized carbons (Fsp3) is 0.167. The van der Waals surface area contributed by atoms with E-state index in [0.29, 0.717) is 4.34 Å². The lowest BCUT2D eigenvalue weighted by molar-refractivity contribution is 0.224. The number of benzene rings is 1. The zero-order chi connectivity index (χ0) is 12.4. The van der Waals surface area contributed by atoms with E-state index in [1.165, 1.54) is 16.2 Å². The van der Waals surface area contributed by atoms with Gasteiger partial charge < -0.3 is 5.11 Å². The van der Waals surface area contributed by atoms with Crippen molar-refractivity contribution in [2.45, 2.75) is 11.0 Å². The summed E-state index contributed by atoms with van der Waals surface area (Å²) in [5, 5.41) is 10.2. The molecule has 17 heavy (non-hydrogen) atoms. The Hall–Kier alpha value is -0.000000000000000111. The minimum atomic E-state index is -0.611. The van der Waals surface area contributed by atoms with Gasteiger partial charge in [0.05, 0.1) is 0 Å². The van der Waals surface area contributed by atoms with Gasteiger partial charge in [-0.25, -0.2) is 0 Å². The Labute approximate surface area is 122 Å². The molecule has 0 radical (unpaired) electrons. The Bertz CT molecular complexity index is 490. The van der Waals surface area contributed by atoms with Crippen LogP contribution < -0.4 is 0 Å². The molecule has 0 aliphatic rings. The van der Waals surface area contributed by atoms with E-state index < -0.39 is 6.10 Å². The highest BCUT2D eigenvalue weighted by atomic mass is 79.9. The Morgan fingerprint density at radius 2 is 2.00 bits per heavy atom. The number of halogens is 2. The fourth-order valence-electron chi connectivity index (χ4n) is 1.45. The molecule has 2 rings (SSSR count). The standard InChI is InChI=1S/C12H10BrClOS2/c1-16-8-4-2-7(3-5-8)11(15)10-6-9(13)12(14)17-10/h2-6,11,15H,1H3. The predicted octanol–water partition coefficient (Wildman–Crippen LogP) is 4.97. The topological polar surface area (TPSA) is 20.2 Å². The zero-order valence-corrected chi connectivity index (χ0v) is 13.0. The maximum atomic E-state index is 10.2. The lowest BCUT2D eigenvalue weighted by Gasteiger charge is -2.09. The number of aliphatic hydroxyl groups excluding tert-OH is 1. The van der Waals surface area contributed by atoms with E-state index in [2.05, 4.69) is 15.9 Å². The monoisotopic (exact) mass is 348 g/mol. The van der Waals surface area contributed by atoms with Crippen LogP contribution in [0, 0.1) is 0 Å². The van der Waals surface area contributed by atoms with Gasteiger partial charge in [-0.15, -0.1) is 23.1 Å². The van der Waals surface area contributed by atoms with Gasteiger partial charge >= 0.3 is 0 Å². The van der Waals surface area contributed by atoms with Crippen molar-refractivity contribution in [2.75, 3.05) is 6.26 Å². The summed E-state index contributed by atoms with van der Waals surface area (Å²) in [6, 6.07) is 9.76. The second kappa shape index (κ2) is 5.76. The molecule has 1 aromatic heterocycles. The summed E-state index contributed by atoms with van der Waals surface area (Å²) in [6.07, 6.45) is 1.42. The van der Waals surface area contributed by atoms with Crippen LogP contribution in [0.1, 0.15) is 16.5 Å². The smallest absolute Gasteiger partial charge is 0.113 e. The van der Waals surface area contributed by atoms with Gasteiger partial charge in [-0.1, -0.05) is 23.7 Å². The van der Waals surface area contributed by atoms with Crippen molar-refractivity contribution >= 4 is 50.6 Å². The van der Waals surface area contributed by atoms with Crippen molar-refractivity contribution in [3.05, 3.63) is 49.6 Å². The Kier molecular flexibility index (Phi) is 4.55. The Balaban J connectivity index is 2.26. The van der Waals surface area contributed by atoms with Gasteiger partial charge in [0.15, 0.2) is 0 Å². The van der Waals surface area contributed by atoms with E-state index in [0.717, 1.165) is 14.9 Å². The summed E-state index contributed by atoms with van der Waals surface area (Å²) in [5.41, 5.74) is 0.883. The molecular weight excluding hydrogens is 340 g/mol. The van der Waals surface area contributed by atoms with Crippen LogP contribution in [-0.2, 0) is 0 Å². The van der Waals surface area contributed by atoms with Crippen molar-refractivity contribution in [1.29, 1.82) is 0 Å². The first-order chi connectivity index (χ1) is 8.11. The first-order valence-corrected chi connectivity index (χ1v) is 8.10. The molecule has 1 aromatic carbocycles. The molecule has 0 saturated heterocycles. The van der Waals surface area contributed by atoms with Crippen LogP contribution in [0.5, 0.6) is 0 Å². The highest BCUT2D eigenvalue weighted by molar-refractivity contribution is 9.10. The highest BCUT2D eigenvalue weighted by Crippen LogP contribution is 2.37. The Morgan fingerprint density at radius 1 is 1.35 bits per heavy atom. The van der Waals surface area contributed by atoms with Crippen LogP contribution in [0.4, 0.5) is 0 Å². The molecule has 90 valence electrons. The molecule has 1 atom stereocenters. The minimum Gasteiger partial charge on any atom is -0.383 e. The molecule has 5 heteroatoms. The molecule has 0 aliphatic carbocycles. The minimum absolute atomic E-state index is 0.611. The third-order valence-corrected chi connectivity index (χ3v) is 5.64. The molecule has 1 N–H and O–H groups in total. The molecule has 1 unspecified atom stereocenters. The van der Waals surface area contributed by atoms with Crippen molar-refractivity contribution in [3.8, 4) is 0 Å². The van der Waals surface area contributed by atoms with Gasteiger partial charge in [0.25, 0.3) is 0 Å². The molecule has 1 heterocycles. The molecule has 0 saturated carbocycles. The summed E-state index contributed by atoms with van der Waals surface area (Å²) in [5.74, 6) is 0. The number of thiophene rings is 1. The van der Waals surface area contributed by atoms with E-state index in [-0.39, 0.29) is 0 Å². The van der Waals surface area contributed by atoms with Crippen molar-refractivity contribution in [1.82, 2.24) is 0 Å². The van der Waals surface area contributed by atoms with Gasteiger partial charge in [0.2, 0.25) is 0 Å². The van der Waals surface area contributed by atoms with Crippen molar-refractivity contribution < 1.29 is 5.11 Å². The number of hydrogen-bond acceptors (Lipinski definition) is 3. The number of thioether (sulfide) groups is 1. The largest absolute Gasteiger partial charge is 0.383 e. The van der Waals surface area contributed by atoms with Gasteiger partial charge in [-0.05, 0) is 45.9 Å². The van der Waals surface area contributed by atoms with E-state index in [1.54, 1.807) is 11.8 Å². The molecule has 2 aromatic rings. The van der Waals surface area contributed by atoms with E-state index in [1.807, 2.05) is 36.6 Å². The SMILES string of the molecule is CSc1ccc(C(O)c2cc(Br)c(Cl)s2)cc1. The maximum Gasteiger partial charge on any atom is 0.113 e. The van der Waals surface area contributed by atoms with Crippen LogP contribution >= 0.6 is 50.6 Å². The highest BCUT2D eigenvalue weighted by Gasteiger charge is 2.15. The zero-order valence-electron chi connectivity index (χ0n) is 8.98. The molecule has 0 fully saturated rings. The number of hydrogen-bond donors (Lipinski definition) is 1. The van der Waals surface area contributed by atoms with E-state index >= 15 is 0 Å². The molecule has 0 aliphatic heterocycles. The summed E-state index contributed by atoms with van der Waals surface area (Å²) in [6.45, 7) is 0. The van der Waals surface area contributed by atoms with E-state index in [9.17, 15) is 5.11 Å². The first-order valence-electron chi connectivity index (χ1n) is 4.88.